The number of carbonyl (C=O) groups excluding carboxylic acids is 1. The van der Waals surface area contributed by atoms with E-state index in [0.29, 0.717) is 25.6 Å². The van der Waals surface area contributed by atoms with Crippen molar-refractivity contribution in [2.24, 2.45) is 22.7 Å². The van der Waals surface area contributed by atoms with Crippen LogP contribution in [-0.2, 0) is 14.3 Å². The summed E-state index contributed by atoms with van der Waals surface area (Å²) >= 11 is 0. The molecule has 2 heterocycles. The van der Waals surface area contributed by atoms with E-state index in [1.165, 1.54) is 0 Å². The molecule has 0 amide bonds. The molecule has 3 fully saturated rings. The summed E-state index contributed by atoms with van der Waals surface area (Å²) in [6, 6.07) is 0. The molecule has 25 heavy (non-hydrogen) atoms. The molecule has 0 bridgehead atoms. The second kappa shape index (κ2) is 5.80. The van der Waals surface area contributed by atoms with E-state index in [-0.39, 0.29) is 29.5 Å². The van der Waals surface area contributed by atoms with Crippen LogP contribution >= 0.6 is 0 Å². The molecular formula is C20H30O5. The van der Waals surface area contributed by atoms with Gasteiger partial charge in [-0.3, -0.25) is 0 Å². The summed E-state index contributed by atoms with van der Waals surface area (Å²) in [5.74, 6) is 0.360. The van der Waals surface area contributed by atoms with Crippen molar-refractivity contribution in [3.05, 3.63) is 11.6 Å². The topological polar surface area (TPSA) is 79.3 Å². The monoisotopic (exact) mass is 350 g/mol. The average molecular weight is 350 g/mol. The van der Waals surface area contributed by atoms with Crippen molar-refractivity contribution in [2.75, 3.05) is 19.8 Å². The molecule has 0 aromatic heterocycles. The fraction of sp³-hybridized carbons (Fsp3) is 0.850. The van der Waals surface area contributed by atoms with Gasteiger partial charge >= 0.3 is 5.97 Å². The summed E-state index contributed by atoms with van der Waals surface area (Å²) in [4.78, 5) is 11.3. The third kappa shape index (κ3) is 2.35. The van der Waals surface area contributed by atoms with Crippen molar-refractivity contribution in [1.29, 1.82) is 0 Å². The number of hydrogen-bond acceptors (Lipinski definition) is 5. The third-order valence-corrected chi connectivity index (χ3v) is 8.10. The summed E-state index contributed by atoms with van der Waals surface area (Å²) in [7, 11) is 0. The van der Waals surface area contributed by atoms with Crippen molar-refractivity contribution >= 4 is 5.97 Å². The molecule has 5 heteroatoms. The van der Waals surface area contributed by atoms with Crippen molar-refractivity contribution in [2.45, 2.75) is 64.1 Å². The SMILES string of the molecule is CC1CC(O)C2(CO)C(CCCC23CO3)C1(C)CCC1=CC(=O)OC1. The highest BCUT2D eigenvalue weighted by atomic mass is 16.6. The van der Waals surface area contributed by atoms with Crippen molar-refractivity contribution in [3.8, 4) is 0 Å². The fourth-order valence-electron chi connectivity index (χ4n) is 6.28. The first-order chi connectivity index (χ1) is 11.9. The minimum Gasteiger partial charge on any atom is -0.458 e. The van der Waals surface area contributed by atoms with Crippen LogP contribution in [0.25, 0.3) is 0 Å². The molecule has 6 atom stereocenters. The summed E-state index contributed by atoms with van der Waals surface area (Å²) < 4.78 is 10.9. The number of epoxide rings is 1. The molecule has 0 aromatic rings. The van der Waals surface area contributed by atoms with Gasteiger partial charge in [-0.05, 0) is 54.9 Å². The Balaban J connectivity index is 1.64. The third-order valence-electron chi connectivity index (χ3n) is 8.10. The Morgan fingerprint density at radius 1 is 1.40 bits per heavy atom. The van der Waals surface area contributed by atoms with Crippen LogP contribution in [0.1, 0.15) is 52.4 Å². The van der Waals surface area contributed by atoms with Gasteiger partial charge in [0.1, 0.15) is 12.2 Å². The Kier molecular flexibility index (Phi) is 4.06. The highest BCUT2D eigenvalue weighted by Crippen LogP contribution is 2.68. The number of esters is 1. The molecule has 2 aliphatic carbocycles. The summed E-state index contributed by atoms with van der Waals surface area (Å²) in [6.07, 6.45) is 6.66. The lowest BCUT2D eigenvalue weighted by Crippen LogP contribution is -2.66. The van der Waals surface area contributed by atoms with Crippen LogP contribution in [0.3, 0.4) is 0 Å². The second-order valence-corrected chi connectivity index (χ2v) is 8.99. The number of aliphatic hydroxyl groups is 2. The van der Waals surface area contributed by atoms with Gasteiger partial charge in [0.15, 0.2) is 0 Å². The molecular weight excluding hydrogens is 320 g/mol. The van der Waals surface area contributed by atoms with Gasteiger partial charge in [-0.15, -0.1) is 0 Å². The minimum atomic E-state index is -0.539. The van der Waals surface area contributed by atoms with Crippen LogP contribution < -0.4 is 0 Å². The van der Waals surface area contributed by atoms with Gasteiger partial charge in [-0.25, -0.2) is 4.79 Å². The maximum atomic E-state index is 11.3. The first-order valence-corrected chi connectivity index (χ1v) is 9.67. The number of cyclic esters (lactones) is 1. The van der Waals surface area contributed by atoms with E-state index in [1.54, 1.807) is 6.08 Å². The maximum absolute atomic E-state index is 11.3. The quantitative estimate of drug-likeness (QED) is 0.600. The average Bonchev–Trinajstić information content (AvgIpc) is 3.23. The van der Waals surface area contributed by atoms with E-state index in [1.807, 2.05) is 0 Å². The molecule has 5 nitrogen and oxygen atoms in total. The standard InChI is InChI=1S/C20H30O5/c1-13-8-16(22)20(11-21)15(4-3-6-19(20)12-25-19)18(13,2)7-5-14-9-17(23)24-10-14/h9,13,15-16,21-22H,3-8,10-12H2,1-2H3. The Morgan fingerprint density at radius 2 is 2.16 bits per heavy atom. The number of carbonyl (C=O) groups is 1. The van der Waals surface area contributed by atoms with Gasteiger partial charge in [-0.1, -0.05) is 20.3 Å². The second-order valence-electron chi connectivity index (χ2n) is 8.99. The van der Waals surface area contributed by atoms with Gasteiger partial charge in [0.2, 0.25) is 0 Å². The van der Waals surface area contributed by atoms with Crippen LogP contribution in [0.15, 0.2) is 11.6 Å². The van der Waals surface area contributed by atoms with E-state index in [0.717, 1.165) is 37.7 Å². The van der Waals surface area contributed by atoms with Crippen LogP contribution in [-0.4, -0.2) is 47.7 Å². The van der Waals surface area contributed by atoms with Crippen LogP contribution in [0.5, 0.6) is 0 Å². The smallest absolute Gasteiger partial charge is 0.331 e. The zero-order chi connectivity index (χ0) is 17.9. The van der Waals surface area contributed by atoms with Crippen molar-refractivity contribution in [3.63, 3.8) is 0 Å². The first-order valence-electron chi connectivity index (χ1n) is 9.67. The summed E-state index contributed by atoms with van der Waals surface area (Å²) in [5, 5.41) is 21.5. The van der Waals surface area contributed by atoms with Gasteiger partial charge in [0.05, 0.1) is 24.7 Å². The lowest BCUT2D eigenvalue weighted by molar-refractivity contribution is -0.211. The predicted molar refractivity (Wildman–Crippen MR) is 91.7 cm³/mol. The van der Waals surface area contributed by atoms with E-state index >= 15 is 0 Å². The van der Waals surface area contributed by atoms with Crippen LogP contribution in [0.2, 0.25) is 0 Å². The molecule has 140 valence electrons. The molecule has 0 aromatic carbocycles. The van der Waals surface area contributed by atoms with Gasteiger partial charge in [-0.2, -0.15) is 0 Å². The van der Waals surface area contributed by atoms with Crippen molar-refractivity contribution < 1.29 is 24.5 Å². The van der Waals surface area contributed by atoms with E-state index in [9.17, 15) is 15.0 Å². The number of hydrogen-bond donors (Lipinski definition) is 2. The Labute approximate surface area is 149 Å². The Hall–Kier alpha value is -0.910. The number of ether oxygens (including phenoxy) is 2. The summed E-state index contributed by atoms with van der Waals surface area (Å²) in [6.45, 7) is 5.61. The van der Waals surface area contributed by atoms with Crippen LogP contribution in [0, 0.1) is 22.7 Å². The lowest BCUT2D eigenvalue weighted by atomic mass is 9.43. The Bertz CT molecular complexity index is 595. The zero-order valence-electron chi connectivity index (χ0n) is 15.3. The molecule has 2 saturated carbocycles. The maximum Gasteiger partial charge on any atom is 0.331 e. The lowest BCUT2D eigenvalue weighted by Gasteiger charge is -2.62. The molecule has 4 aliphatic rings. The number of fused-ring (bicyclic) bond motifs is 2. The molecule has 4 rings (SSSR count). The molecule has 1 saturated heterocycles. The minimum absolute atomic E-state index is 0.00775. The molecule has 2 N–H and O–H groups in total. The number of aliphatic hydroxyl groups excluding tert-OH is 2. The van der Waals surface area contributed by atoms with Gasteiger partial charge < -0.3 is 19.7 Å². The zero-order valence-corrected chi connectivity index (χ0v) is 15.3. The van der Waals surface area contributed by atoms with E-state index in [4.69, 9.17) is 9.47 Å². The molecule has 2 aliphatic heterocycles. The van der Waals surface area contributed by atoms with E-state index in [2.05, 4.69) is 13.8 Å². The highest BCUT2D eigenvalue weighted by molar-refractivity contribution is 5.85. The number of rotatable bonds is 4. The highest BCUT2D eigenvalue weighted by Gasteiger charge is 2.72. The summed E-state index contributed by atoms with van der Waals surface area (Å²) in [5.41, 5.74) is 0.209. The van der Waals surface area contributed by atoms with Gasteiger partial charge in [0, 0.05) is 6.08 Å². The normalized spacial score (nSPS) is 48.9. The molecule has 6 unspecified atom stereocenters. The van der Waals surface area contributed by atoms with Crippen LogP contribution in [0.4, 0.5) is 0 Å². The van der Waals surface area contributed by atoms with E-state index < -0.39 is 11.5 Å². The Morgan fingerprint density at radius 3 is 2.76 bits per heavy atom. The molecule has 1 spiro atoms. The molecule has 0 radical (unpaired) electrons. The predicted octanol–water partition coefficient (Wildman–Crippen LogP) is 2.20. The van der Waals surface area contributed by atoms with Gasteiger partial charge in [0.25, 0.3) is 0 Å². The van der Waals surface area contributed by atoms with Crippen molar-refractivity contribution in [1.82, 2.24) is 0 Å². The first kappa shape index (κ1) is 17.5. The fourth-order valence-corrected chi connectivity index (χ4v) is 6.28. The largest absolute Gasteiger partial charge is 0.458 e.